The Morgan fingerprint density at radius 2 is 1.89 bits per heavy atom. The van der Waals surface area contributed by atoms with Crippen LogP contribution in [0.25, 0.3) is 0 Å². The molecular weight excluding hydrogens is 224 g/mol. The van der Waals surface area contributed by atoms with Gasteiger partial charge in [0.25, 0.3) is 0 Å². The van der Waals surface area contributed by atoms with E-state index in [0.717, 1.165) is 24.5 Å². The molecule has 1 aromatic heterocycles. The standard InChI is InChI=1S/C14H26N4/c1-10(2)7-8-15-12-9-11(3)16-13(17-12)18-14(4,5)6/h9-10H,7-8H2,1-6H3,(H2,15,16,17,18). The molecule has 0 saturated heterocycles. The van der Waals surface area contributed by atoms with E-state index in [1.807, 2.05) is 13.0 Å². The van der Waals surface area contributed by atoms with Gasteiger partial charge in [0.2, 0.25) is 5.95 Å². The molecule has 0 spiro atoms. The number of nitrogens with one attached hydrogen (secondary N) is 2. The average Bonchev–Trinajstić information content (AvgIpc) is 2.12. The fourth-order valence-electron chi connectivity index (χ4n) is 1.54. The van der Waals surface area contributed by atoms with Crippen LogP contribution in [0.1, 0.15) is 46.7 Å². The summed E-state index contributed by atoms with van der Waals surface area (Å²) in [5, 5.41) is 6.65. The molecule has 1 rings (SSSR count). The second kappa shape index (κ2) is 6.03. The molecule has 0 bridgehead atoms. The first-order valence-electron chi connectivity index (χ1n) is 6.64. The molecule has 0 fully saturated rings. The minimum absolute atomic E-state index is 0.0248. The van der Waals surface area contributed by atoms with Crippen LogP contribution >= 0.6 is 0 Å². The summed E-state index contributed by atoms with van der Waals surface area (Å²) in [6.07, 6.45) is 1.14. The molecule has 102 valence electrons. The molecule has 4 heteroatoms. The van der Waals surface area contributed by atoms with Crippen molar-refractivity contribution in [2.45, 2.75) is 53.5 Å². The van der Waals surface area contributed by atoms with Gasteiger partial charge in [0, 0.05) is 23.8 Å². The molecule has 2 N–H and O–H groups in total. The van der Waals surface area contributed by atoms with Gasteiger partial charge < -0.3 is 10.6 Å². The Morgan fingerprint density at radius 3 is 2.44 bits per heavy atom. The topological polar surface area (TPSA) is 49.8 Å². The van der Waals surface area contributed by atoms with Crippen LogP contribution in [0, 0.1) is 12.8 Å². The van der Waals surface area contributed by atoms with Gasteiger partial charge in [-0.2, -0.15) is 4.98 Å². The van der Waals surface area contributed by atoms with E-state index in [4.69, 9.17) is 0 Å². The van der Waals surface area contributed by atoms with Gasteiger partial charge >= 0.3 is 0 Å². The molecule has 18 heavy (non-hydrogen) atoms. The molecular formula is C14H26N4. The normalized spacial score (nSPS) is 11.7. The van der Waals surface area contributed by atoms with Crippen molar-refractivity contribution in [2.24, 2.45) is 5.92 Å². The number of hydrogen-bond acceptors (Lipinski definition) is 4. The molecule has 1 heterocycles. The third-order valence-electron chi connectivity index (χ3n) is 2.37. The largest absolute Gasteiger partial charge is 0.370 e. The molecule has 0 aliphatic carbocycles. The fraction of sp³-hybridized carbons (Fsp3) is 0.714. The van der Waals surface area contributed by atoms with Crippen LogP contribution in [0.2, 0.25) is 0 Å². The lowest BCUT2D eigenvalue weighted by Gasteiger charge is -2.21. The molecule has 0 aromatic carbocycles. The van der Waals surface area contributed by atoms with Crippen LogP contribution in [0.4, 0.5) is 11.8 Å². The second-order valence-electron chi connectivity index (χ2n) is 6.20. The maximum absolute atomic E-state index is 4.48. The summed E-state index contributed by atoms with van der Waals surface area (Å²) in [7, 11) is 0. The molecule has 0 atom stereocenters. The van der Waals surface area contributed by atoms with E-state index in [1.54, 1.807) is 0 Å². The molecule has 4 nitrogen and oxygen atoms in total. The lowest BCUT2D eigenvalue weighted by Crippen LogP contribution is -2.27. The number of rotatable bonds is 5. The number of aryl methyl sites for hydroxylation is 1. The van der Waals surface area contributed by atoms with Gasteiger partial charge in [-0.1, -0.05) is 13.8 Å². The summed E-state index contributed by atoms with van der Waals surface area (Å²) in [4.78, 5) is 8.88. The van der Waals surface area contributed by atoms with Crippen LogP contribution in [0.15, 0.2) is 6.07 Å². The SMILES string of the molecule is Cc1cc(NCCC(C)C)nc(NC(C)(C)C)n1. The van der Waals surface area contributed by atoms with Crippen LogP contribution in [0.3, 0.4) is 0 Å². The van der Waals surface area contributed by atoms with Gasteiger partial charge in [-0.3, -0.25) is 0 Å². The minimum Gasteiger partial charge on any atom is -0.370 e. The zero-order valence-corrected chi connectivity index (χ0v) is 12.5. The highest BCUT2D eigenvalue weighted by molar-refractivity contribution is 5.42. The Hall–Kier alpha value is -1.32. The molecule has 0 aliphatic heterocycles. The molecule has 0 unspecified atom stereocenters. The Labute approximate surface area is 111 Å². The lowest BCUT2D eigenvalue weighted by molar-refractivity contribution is 0.606. The van der Waals surface area contributed by atoms with E-state index in [-0.39, 0.29) is 5.54 Å². The molecule has 0 amide bonds. The Morgan fingerprint density at radius 1 is 1.22 bits per heavy atom. The highest BCUT2D eigenvalue weighted by Crippen LogP contribution is 2.14. The fourth-order valence-corrected chi connectivity index (χ4v) is 1.54. The first-order chi connectivity index (χ1) is 8.26. The van der Waals surface area contributed by atoms with Crippen molar-refractivity contribution in [2.75, 3.05) is 17.2 Å². The maximum Gasteiger partial charge on any atom is 0.225 e. The average molecular weight is 250 g/mol. The van der Waals surface area contributed by atoms with Crippen molar-refractivity contribution < 1.29 is 0 Å². The van der Waals surface area contributed by atoms with Crippen molar-refractivity contribution in [1.82, 2.24) is 9.97 Å². The van der Waals surface area contributed by atoms with Gasteiger partial charge in [0.1, 0.15) is 5.82 Å². The summed E-state index contributed by atoms with van der Waals surface area (Å²) >= 11 is 0. The van der Waals surface area contributed by atoms with Crippen LogP contribution in [-0.4, -0.2) is 22.1 Å². The maximum atomic E-state index is 4.48. The van der Waals surface area contributed by atoms with E-state index >= 15 is 0 Å². The van der Waals surface area contributed by atoms with Crippen molar-refractivity contribution in [3.8, 4) is 0 Å². The van der Waals surface area contributed by atoms with E-state index in [2.05, 4.69) is 55.2 Å². The zero-order valence-electron chi connectivity index (χ0n) is 12.5. The number of anilines is 2. The first kappa shape index (κ1) is 14.7. The molecule has 0 radical (unpaired) electrons. The predicted octanol–water partition coefficient (Wildman–Crippen LogP) is 3.45. The Bertz CT molecular complexity index is 380. The van der Waals surface area contributed by atoms with Gasteiger partial charge in [0.05, 0.1) is 0 Å². The Balaban J connectivity index is 2.69. The van der Waals surface area contributed by atoms with E-state index in [1.165, 1.54) is 0 Å². The number of nitrogens with zero attached hydrogens (tertiary/aromatic N) is 2. The quantitative estimate of drug-likeness (QED) is 0.840. The summed E-state index contributed by atoms with van der Waals surface area (Å²) < 4.78 is 0. The highest BCUT2D eigenvalue weighted by Gasteiger charge is 2.12. The third-order valence-corrected chi connectivity index (χ3v) is 2.37. The van der Waals surface area contributed by atoms with Crippen LogP contribution in [-0.2, 0) is 0 Å². The van der Waals surface area contributed by atoms with Gasteiger partial charge in [-0.15, -0.1) is 0 Å². The summed E-state index contributed by atoms with van der Waals surface area (Å²) in [6.45, 7) is 13.7. The minimum atomic E-state index is -0.0248. The van der Waals surface area contributed by atoms with Crippen molar-refractivity contribution in [3.05, 3.63) is 11.8 Å². The van der Waals surface area contributed by atoms with Gasteiger partial charge in [-0.25, -0.2) is 4.98 Å². The van der Waals surface area contributed by atoms with Gasteiger partial charge in [-0.05, 0) is 40.0 Å². The predicted molar refractivity (Wildman–Crippen MR) is 78.1 cm³/mol. The molecule has 0 aliphatic rings. The first-order valence-corrected chi connectivity index (χ1v) is 6.64. The summed E-state index contributed by atoms with van der Waals surface area (Å²) in [5.74, 6) is 2.29. The number of hydrogen-bond donors (Lipinski definition) is 2. The molecule has 0 saturated carbocycles. The Kier molecular flexibility index (Phi) is 4.93. The van der Waals surface area contributed by atoms with Gasteiger partial charge in [0.15, 0.2) is 0 Å². The monoisotopic (exact) mass is 250 g/mol. The summed E-state index contributed by atoms with van der Waals surface area (Å²) in [6, 6.07) is 1.98. The number of aromatic nitrogens is 2. The smallest absolute Gasteiger partial charge is 0.225 e. The van der Waals surface area contributed by atoms with Crippen molar-refractivity contribution >= 4 is 11.8 Å². The molecule has 1 aromatic rings. The second-order valence-corrected chi connectivity index (χ2v) is 6.20. The van der Waals surface area contributed by atoms with Crippen LogP contribution < -0.4 is 10.6 Å². The highest BCUT2D eigenvalue weighted by atomic mass is 15.2. The van der Waals surface area contributed by atoms with Crippen LogP contribution in [0.5, 0.6) is 0 Å². The lowest BCUT2D eigenvalue weighted by atomic mass is 10.1. The van der Waals surface area contributed by atoms with Crippen molar-refractivity contribution in [1.29, 1.82) is 0 Å². The summed E-state index contributed by atoms with van der Waals surface area (Å²) in [5.41, 5.74) is 0.951. The van der Waals surface area contributed by atoms with Crippen molar-refractivity contribution in [3.63, 3.8) is 0 Å². The van der Waals surface area contributed by atoms with E-state index in [0.29, 0.717) is 11.9 Å². The van der Waals surface area contributed by atoms with E-state index in [9.17, 15) is 0 Å². The van der Waals surface area contributed by atoms with E-state index < -0.39 is 0 Å². The third kappa shape index (κ3) is 5.84. The zero-order chi connectivity index (χ0) is 13.8.